The molecular weight excluding hydrogens is 325 g/mol. The Morgan fingerprint density at radius 1 is 0.962 bits per heavy atom. The first-order valence-electron chi connectivity index (χ1n) is 9.51. The highest BCUT2D eigenvalue weighted by molar-refractivity contribution is 5.64. The van der Waals surface area contributed by atoms with E-state index in [9.17, 15) is 4.39 Å². The van der Waals surface area contributed by atoms with Crippen molar-refractivity contribution < 1.29 is 4.39 Å². The zero-order valence-corrected chi connectivity index (χ0v) is 15.2. The van der Waals surface area contributed by atoms with Crippen LogP contribution in [0.25, 0.3) is 11.1 Å². The Morgan fingerprint density at radius 3 is 2.58 bits per heavy atom. The van der Waals surface area contributed by atoms with Gasteiger partial charge >= 0.3 is 0 Å². The van der Waals surface area contributed by atoms with Crippen LogP contribution in [0.1, 0.15) is 55.7 Å². The summed E-state index contributed by atoms with van der Waals surface area (Å²) >= 11 is 0. The van der Waals surface area contributed by atoms with Crippen molar-refractivity contribution in [3.8, 4) is 11.1 Å². The number of aryl methyl sites for hydroxylation is 1. The van der Waals surface area contributed by atoms with Gasteiger partial charge in [0.1, 0.15) is 17.5 Å². The number of fused-ring (bicyclic) bond motifs is 1. The molecule has 0 radical (unpaired) electrons. The van der Waals surface area contributed by atoms with Crippen LogP contribution in [0.4, 0.5) is 4.39 Å². The fraction of sp³-hybridized carbons (Fsp3) is 0.364. The molecule has 1 aliphatic rings. The van der Waals surface area contributed by atoms with Gasteiger partial charge in [-0.25, -0.2) is 4.39 Å². The van der Waals surface area contributed by atoms with Crippen molar-refractivity contribution in [2.24, 2.45) is 0 Å². The van der Waals surface area contributed by atoms with Crippen LogP contribution in [0.2, 0.25) is 0 Å². The highest BCUT2D eigenvalue weighted by Gasteiger charge is 2.21. The van der Waals surface area contributed by atoms with Gasteiger partial charge < -0.3 is 4.57 Å². The van der Waals surface area contributed by atoms with E-state index in [2.05, 4.69) is 21.7 Å². The number of halogens is 1. The standard InChI is InChI=1S/C22H24FN3/c1-16(22-25-24-21-11-7-2-3-8-14-26(21)22)18-12-13-19(20(23)15-18)17-9-5-4-6-10-17/h4-6,9-10,12-13,15-16H,2-3,7-8,11,14H2,1H3. The molecule has 3 aromatic rings. The molecular formula is C22H24FN3. The summed E-state index contributed by atoms with van der Waals surface area (Å²) in [7, 11) is 0. The summed E-state index contributed by atoms with van der Waals surface area (Å²) in [5.74, 6) is 1.87. The number of aromatic nitrogens is 3. The van der Waals surface area contributed by atoms with Gasteiger partial charge in [0.15, 0.2) is 0 Å². The van der Waals surface area contributed by atoms with E-state index < -0.39 is 0 Å². The van der Waals surface area contributed by atoms with Gasteiger partial charge in [-0.15, -0.1) is 10.2 Å². The molecule has 134 valence electrons. The molecule has 0 N–H and O–H groups in total. The summed E-state index contributed by atoms with van der Waals surface area (Å²) in [5, 5.41) is 8.87. The second-order valence-electron chi connectivity index (χ2n) is 7.12. The summed E-state index contributed by atoms with van der Waals surface area (Å²) in [5.41, 5.74) is 2.48. The second-order valence-corrected chi connectivity index (χ2v) is 7.12. The van der Waals surface area contributed by atoms with Crippen LogP contribution in [-0.4, -0.2) is 14.8 Å². The number of rotatable bonds is 3. The summed E-state index contributed by atoms with van der Waals surface area (Å²) < 4.78 is 17.0. The normalized spacial score (nSPS) is 15.8. The molecule has 0 saturated carbocycles. The smallest absolute Gasteiger partial charge is 0.140 e. The molecule has 0 fully saturated rings. The van der Waals surface area contributed by atoms with Gasteiger partial charge in [-0.3, -0.25) is 0 Å². The minimum Gasteiger partial charge on any atom is -0.314 e. The third kappa shape index (κ3) is 3.28. The molecule has 0 amide bonds. The van der Waals surface area contributed by atoms with Gasteiger partial charge in [0.25, 0.3) is 0 Å². The molecule has 0 bridgehead atoms. The lowest BCUT2D eigenvalue weighted by atomic mass is 9.96. The highest BCUT2D eigenvalue weighted by atomic mass is 19.1. The van der Waals surface area contributed by atoms with Crippen LogP contribution in [0.3, 0.4) is 0 Å². The summed E-state index contributed by atoms with van der Waals surface area (Å²) in [6, 6.07) is 15.2. The predicted octanol–water partition coefficient (Wildman–Crippen LogP) is 5.35. The third-order valence-corrected chi connectivity index (χ3v) is 5.35. The molecule has 4 rings (SSSR count). The maximum Gasteiger partial charge on any atom is 0.140 e. The van der Waals surface area contributed by atoms with E-state index in [0.717, 1.165) is 42.2 Å². The van der Waals surface area contributed by atoms with Crippen LogP contribution in [0.5, 0.6) is 0 Å². The highest BCUT2D eigenvalue weighted by Crippen LogP contribution is 2.29. The number of hydrogen-bond donors (Lipinski definition) is 0. The molecule has 1 atom stereocenters. The Bertz CT molecular complexity index is 886. The van der Waals surface area contributed by atoms with E-state index in [0.29, 0.717) is 5.56 Å². The number of nitrogens with zero attached hydrogens (tertiary/aromatic N) is 3. The number of hydrogen-bond acceptors (Lipinski definition) is 2. The summed E-state index contributed by atoms with van der Waals surface area (Å²) in [4.78, 5) is 0. The number of benzene rings is 2. The van der Waals surface area contributed by atoms with Crippen molar-refractivity contribution in [2.75, 3.05) is 0 Å². The first kappa shape index (κ1) is 17.0. The van der Waals surface area contributed by atoms with Crippen LogP contribution in [-0.2, 0) is 13.0 Å². The SMILES string of the molecule is CC(c1ccc(-c2ccccc2)c(F)c1)c1nnc2n1CCCCCC2. The Labute approximate surface area is 153 Å². The first-order chi connectivity index (χ1) is 12.7. The van der Waals surface area contributed by atoms with Gasteiger partial charge in [-0.1, -0.05) is 62.2 Å². The molecule has 2 aromatic carbocycles. The zero-order chi connectivity index (χ0) is 17.9. The second kappa shape index (κ2) is 7.40. The maximum absolute atomic E-state index is 14.8. The first-order valence-corrected chi connectivity index (χ1v) is 9.51. The fourth-order valence-electron chi connectivity index (χ4n) is 3.81. The maximum atomic E-state index is 14.8. The molecule has 0 saturated heterocycles. The Kier molecular flexibility index (Phi) is 4.83. The fourth-order valence-corrected chi connectivity index (χ4v) is 3.81. The molecule has 2 heterocycles. The van der Waals surface area contributed by atoms with Crippen molar-refractivity contribution in [2.45, 2.75) is 51.5 Å². The lowest BCUT2D eigenvalue weighted by Gasteiger charge is -2.17. The van der Waals surface area contributed by atoms with Crippen molar-refractivity contribution in [1.82, 2.24) is 14.8 Å². The molecule has 0 aliphatic carbocycles. The lowest BCUT2D eigenvalue weighted by Crippen LogP contribution is -2.13. The van der Waals surface area contributed by atoms with Gasteiger partial charge in [0.2, 0.25) is 0 Å². The Morgan fingerprint density at radius 2 is 1.77 bits per heavy atom. The average molecular weight is 349 g/mol. The Balaban J connectivity index is 1.65. The van der Waals surface area contributed by atoms with Crippen LogP contribution >= 0.6 is 0 Å². The van der Waals surface area contributed by atoms with Crippen LogP contribution in [0, 0.1) is 5.82 Å². The molecule has 1 aliphatic heterocycles. The van der Waals surface area contributed by atoms with Crippen LogP contribution in [0.15, 0.2) is 48.5 Å². The molecule has 0 spiro atoms. The van der Waals surface area contributed by atoms with E-state index >= 15 is 0 Å². The Hall–Kier alpha value is -2.49. The van der Waals surface area contributed by atoms with Crippen molar-refractivity contribution in [3.05, 3.63) is 71.6 Å². The predicted molar refractivity (Wildman–Crippen MR) is 102 cm³/mol. The van der Waals surface area contributed by atoms with Crippen molar-refractivity contribution in [1.29, 1.82) is 0 Å². The summed E-state index contributed by atoms with van der Waals surface area (Å²) in [6.07, 6.45) is 5.84. The minimum atomic E-state index is -0.187. The van der Waals surface area contributed by atoms with Crippen LogP contribution < -0.4 is 0 Å². The lowest BCUT2D eigenvalue weighted by molar-refractivity contribution is 0.500. The molecule has 26 heavy (non-hydrogen) atoms. The van der Waals surface area contributed by atoms with E-state index in [1.54, 1.807) is 6.07 Å². The third-order valence-electron chi connectivity index (χ3n) is 5.35. The molecule has 1 aromatic heterocycles. The van der Waals surface area contributed by atoms with Gasteiger partial charge in [-0.2, -0.15) is 0 Å². The molecule has 3 nitrogen and oxygen atoms in total. The van der Waals surface area contributed by atoms with Gasteiger partial charge in [0, 0.05) is 24.4 Å². The topological polar surface area (TPSA) is 30.7 Å². The zero-order valence-electron chi connectivity index (χ0n) is 15.2. The monoisotopic (exact) mass is 349 g/mol. The van der Waals surface area contributed by atoms with E-state index in [1.165, 1.54) is 19.3 Å². The van der Waals surface area contributed by atoms with Gasteiger partial charge in [-0.05, 0) is 30.0 Å². The van der Waals surface area contributed by atoms with Crippen molar-refractivity contribution >= 4 is 0 Å². The summed E-state index contributed by atoms with van der Waals surface area (Å²) in [6.45, 7) is 3.06. The largest absolute Gasteiger partial charge is 0.314 e. The van der Waals surface area contributed by atoms with E-state index in [-0.39, 0.29) is 11.7 Å². The molecule has 4 heteroatoms. The quantitative estimate of drug-likeness (QED) is 0.638. The average Bonchev–Trinajstić information content (AvgIpc) is 3.03. The minimum absolute atomic E-state index is 0.0231. The van der Waals surface area contributed by atoms with Gasteiger partial charge in [0.05, 0.1) is 0 Å². The van der Waals surface area contributed by atoms with E-state index in [1.807, 2.05) is 42.5 Å². The van der Waals surface area contributed by atoms with Crippen molar-refractivity contribution in [3.63, 3.8) is 0 Å². The van der Waals surface area contributed by atoms with E-state index in [4.69, 9.17) is 0 Å². The molecule has 1 unspecified atom stereocenters.